The summed E-state index contributed by atoms with van der Waals surface area (Å²) in [6.45, 7) is 0. The normalized spacial score (nSPS) is 11.4. The minimum absolute atomic E-state index is 0.634. The van der Waals surface area contributed by atoms with E-state index in [1.54, 1.807) is 0 Å². The van der Waals surface area contributed by atoms with Gasteiger partial charge in [0.05, 0.1) is 0 Å². The maximum Gasteiger partial charge on any atom is 0.164 e. The van der Waals surface area contributed by atoms with Crippen molar-refractivity contribution in [3.8, 4) is 67.5 Å². The molecule has 10 aromatic carbocycles. The fraction of sp³-hybridized carbons (Fsp3) is 0. The third-order valence-electron chi connectivity index (χ3n) is 11.3. The van der Waals surface area contributed by atoms with Crippen LogP contribution in [0.5, 0.6) is 0 Å². The van der Waals surface area contributed by atoms with Crippen LogP contribution in [0.3, 0.4) is 0 Å². The monoisotopic (exact) mass is 737 g/mol. The predicted octanol–water partition coefficient (Wildman–Crippen LogP) is 14.5. The number of hydrogen-bond donors (Lipinski definition) is 0. The summed E-state index contributed by atoms with van der Waals surface area (Å²) < 4.78 is 0. The molecule has 11 aromatic rings. The van der Waals surface area contributed by atoms with Gasteiger partial charge in [-0.2, -0.15) is 0 Å². The Bertz CT molecular complexity index is 3300. The summed E-state index contributed by atoms with van der Waals surface area (Å²) in [7, 11) is 0. The second kappa shape index (κ2) is 14.1. The molecule has 0 unspecified atom stereocenters. The summed E-state index contributed by atoms with van der Waals surface area (Å²) in [5, 5.41) is 9.89. The van der Waals surface area contributed by atoms with Gasteiger partial charge in [0.25, 0.3) is 0 Å². The molecule has 0 bridgehead atoms. The van der Waals surface area contributed by atoms with Crippen LogP contribution in [0, 0.1) is 0 Å². The molecule has 0 atom stereocenters. The van der Waals surface area contributed by atoms with Crippen molar-refractivity contribution < 1.29 is 0 Å². The minimum atomic E-state index is 0.634. The van der Waals surface area contributed by atoms with Gasteiger partial charge in [-0.05, 0) is 76.5 Å². The maximum absolute atomic E-state index is 5.09. The first kappa shape index (κ1) is 33.6. The van der Waals surface area contributed by atoms with E-state index in [9.17, 15) is 0 Å². The van der Waals surface area contributed by atoms with E-state index >= 15 is 0 Å². The lowest BCUT2D eigenvalue weighted by Crippen LogP contribution is -2.00. The quantitative estimate of drug-likeness (QED) is 0.126. The van der Waals surface area contributed by atoms with Gasteiger partial charge in [-0.15, -0.1) is 0 Å². The van der Waals surface area contributed by atoms with E-state index in [4.69, 9.17) is 15.0 Å². The third-order valence-corrected chi connectivity index (χ3v) is 11.3. The van der Waals surface area contributed by atoms with Crippen LogP contribution in [0.1, 0.15) is 0 Å². The van der Waals surface area contributed by atoms with Crippen LogP contribution >= 0.6 is 0 Å². The molecule has 3 heteroatoms. The molecule has 0 fully saturated rings. The van der Waals surface area contributed by atoms with Crippen LogP contribution < -0.4 is 0 Å². The molecule has 0 spiro atoms. The van der Waals surface area contributed by atoms with Crippen LogP contribution in [0.4, 0.5) is 0 Å². The maximum atomic E-state index is 5.09. The highest BCUT2D eigenvalue weighted by molar-refractivity contribution is 6.29. The van der Waals surface area contributed by atoms with Crippen molar-refractivity contribution in [3.05, 3.63) is 212 Å². The predicted molar refractivity (Wildman–Crippen MR) is 242 cm³/mol. The molecule has 0 aliphatic rings. The van der Waals surface area contributed by atoms with Crippen molar-refractivity contribution in [1.29, 1.82) is 0 Å². The van der Waals surface area contributed by atoms with Crippen LogP contribution in [0.2, 0.25) is 0 Å². The van der Waals surface area contributed by atoms with Gasteiger partial charge < -0.3 is 0 Å². The van der Waals surface area contributed by atoms with Crippen molar-refractivity contribution in [2.45, 2.75) is 0 Å². The fourth-order valence-corrected chi connectivity index (χ4v) is 8.56. The lowest BCUT2D eigenvalue weighted by Gasteiger charge is -2.20. The highest BCUT2D eigenvalue weighted by Gasteiger charge is 2.20. The Labute approximate surface area is 336 Å². The number of hydrogen-bond acceptors (Lipinski definition) is 3. The molecule has 270 valence electrons. The van der Waals surface area contributed by atoms with Gasteiger partial charge in [-0.3, -0.25) is 0 Å². The fourth-order valence-electron chi connectivity index (χ4n) is 8.56. The highest BCUT2D eigenvalue weighted by atomic mass is 15.0. The van der Waals surface area contributed by atoms with E-state index < -0.39 is 0 Å². The van der Waals surface area contributed by atoms with Crippen molar-refractivity contribution in [3.63, 3.8) is 0 Å². The van der Waals surface area contributed by atoms with Crippen LogP contribution in [0.15, 0.2) is 212 Å². The summed E-state index contributed by atoms with van der Waals surface area (Å²) in [5.41, 5.74) is 10.00. The molecule has 3 nitrogen and oxygen atoms in total. The first-order valence-corrected chi connectivity index (χ1v) is 19.7. The molecule has 0 aliphatic carbocycles. The lowest BCUT2D eigenvalue weighted by atomic mass is 9.83. The van der Waals surface area contributed by atoms with E-state index in [0.29, 0.717) is 17.5 Å². The van der Waals surface area contributed by atoms with E-state index in [1.165, 1.54) is 65.3 Å². The highest BCUT2D eigenvalue weighted by Crippen LogP contribution is 2.47. The topological polar surface area (TPSA) is 38.7 Å². The Morgan fingerprint density at radius 3 is 1.26 bits per heavy atom. The van der Waals surface area contributed by atoms with Crippen molar-refractivity contribution in [2.24, 2.45) is 0 Å². The first-order valence-electron chi connectivity index (χ1n) is 19.7. The van der Waals surface area contributed by atoms with Crippen LogP contribution in [0.25, 0.3) is 111 Å². The van der Waals surface area contributed by atoms with E-state index in [2.05, 4.69) is 176 Å². The standard InChI is InChI=1S/C55H35N3/c1-3-14-36(15-4-1)37-26-30-42(31-27-37)54-56-53(41-18-5-2-6-19-41)57-55(58-54)43-32-28-40(29-33-43)50-47-23-11-12-24-48(47)52(46-25-13-20-38-16-7-9-21-44(38)46)51-45-22-10-8-17-39(45)34-35-49(50)51/h1-35H. The summed E-state index contributed by atoms with van der Waals surface area (Å²) in [4.78, 5) is 15.1. The van der Waals surface area contributed by atoms with Gasteiger partial charge >= 0.3 is 0 Å². The zero-order chi connectivity index (χ0) is 38.4. The molecule has 11 rings (SSSR count). The van der Waals surface area contributed by atoms with E-state index in [-0.39, 0.29) is 0 Å². The zero-order valence-electron chi connectivity index (χ0n) is 31.5. The molecule has 1 heterocycles. The molecule has 0 N–H and O–H groups in total. The molecule has 58 heavy (non-hydrogen) atoms. The molecular weight excluding hydrogens is 703 g/mol. The Morgan fingerprint density at radius 1 is 0.224 bits per heavy atom. The molecular formula is C55H35N3. The van der Waals surface area contributed by atoms with Gasteiger partial charge in [0, 0.05) is 16.7 Å². The van der Waals surface area contributed by atoms with E-state index in [1.807, 2.05) is 36.4 Å². The number of aromatic nitrogens is 3. The molecule has 0 aliphatic heterocycles. The Morgan fingerprint density at radius 2 is 0.638 bits per heavy atom. The summed E-state index contributed by atoms with van der Waals surface area (Å²) in [6.07, 6.45) is 0. The van der Waals surface area contributed by atoms with Gasteiger partial charge in [0.15, 0.2) is 17.5 Å². The molecule has 0 amide bonds. The van der Waals surface area contributed by atoms with Crippen molar-refractivity contribution in [2.75, 3.05) is 0 Å². The summed E-state index contributed by atoms with van der Waals surface area (Å²) >= 11 is 0. The van der Waals surface area contributed by atoms with Gasteiger partial charge in [0.1, 0.15) is 0 Å². The average molecular weight is 738 g/mol. The second-order valence-corrected chi connectivity index (χ2v) is 14.7. The summed E-state index contributed by atoms with van der Waals surface area (Å²) in [5.74, 6) is 1.92. The number of fused-ring (bicyclic) bond motifs is 5. The number of benzene rings is 10. The lowest BCUT2D eigenvalue weighted by molar-refractivity contribution is 1.07. The van der Waals surface area contributed by atoms with Crippen LogP contribution in [-0.2, 0) is 0 Å². The van der Waals surface area contributed by atoms with Crippen molar-refractivity contribution >= 4 is 43.1 Å². The van der Waals surface area contributed by atoms with Gasteiger partial charge in [-0.1, -0.05) is 212 Å². The van der Waals surface area contributed by atoms with E-state index in [0.717, 1.165) is 27.8 Å². The SMILES string of the molecule is c1ccc(-c2ccc(-c3nc(-c4ccccc4)nc(-c4ccc(-c5c6ccccc6c(-c6cccc7ccccc67)c6c5ccc5ccccc56)cc4)n3)cc2)cc1. The van der Waals surface area contributed by atoms with Gasteiger partial charge in [0.2, 0.25) is 0 Å². The average Bonchev–Trinajstić information content (AvgIpc) is 3.31. The number of nitrogens with zero attached hydrogens (tertiary/aromatic N) is 3. The smallest absolute Gasteiger partial charge is 0.164 e. The Kier molecular flexibility index (Phi) is 8.15. The minimum Gasteiger partial charge on any atom is -0.208 e. The Balaban J connectivity index is 1.09. The van der Waals surface area contributed by atoms with Crippen molar-refractivity contribution in [1.82, 2.24) is 15.0 Å². The molecule has 0 radical (unpaired) electrons. The third kappa shape index (κ3) is 5.80. The molecule has 1 aromatic heterocycles. The zero-order valence-corrected chi connectivity index (χ0v) is 31.5. The van der Waals surface area contributed by atoms with Crippen LogP contribution in [-0.4, -0.2) is 15.0 Å². The number of rotatable bonds is 6. The largest absolute Gasteiger partial charge is 0.208 e. The molecule has 0 saturated carbocycles. The molecule has 0 saturated heterocycles. The van der Waals surface area contributed by atoms with Gasteiger partial charge in [-0.25, -0.2) is 15.0 Å². The first-order chi connectivity index (χ1) is 28.8. The summed E-state index contributed by atoms with van der Waals surface area (Å²) in [6, 6.07) is 75.4. The second-order valence-electron chi connectivity index (χ2n) is 14.7. The Hall–Kier alpha value is -7.75.